The second-order valence-electron chi connectivity index (χ2n) is 8.37. The van der Waals surface area contributed by atoms with E-state index in [1.165, 1.54) is 6.33 Å². The summed E-state index contributed by atoms with van der Waals surface area (Å²) in [5.74, 6) is 2.61. The van der Waals surface area contributed by atoms with Crippen molar-refractivity contribution in [3.63, 3.8) is 0 Å². The van der Waals surface area contributed by atoms with Gasteiger partial charge in [-0.1, -0.05) is 35.5 Å². The Morgan fingerprint density at radius 2 is 1.70 bits per heavy atom. The zero-order valence-corrected chi connectivity index (χ0v) is 19.8. The number of hydrogen-bond acceptors (Lipinski definition) is 7. The molecule has 0 aliphatic heterocycles. The number of nitrogens with one attached hydrogen (secondary N) is 2. The van der Waals surface area contributed by atoms with Gasteiger partial charge in [0.2, 0.25) is 0 Å². The number of aryl methyl sites for hydroxylation is 1. The predicted octanol–water partition coefficient (Wildman–Crippen LogP) is 5.77. The molecular weight excluding hydrogens is 466 g/mol. The van der Waals surface area contributed by atoms with Crippen molar-refractivity contribution in [2.45, 2.75) is 6.92 Å². The Morgan fingerprint density at radius 1 is 0.892 bits per heavy atom. The third-order valence-corrected chi connectivity index (χ3v) is 5.92. The van der Waals surface area contributed by atoms with E-state index in [0.29, 0.717) is 28.3 Å². The van der Waals surface area contributed by atoms with Crippen molar-refractivity contribution in [2.75, 3.05) is 10.6 Å². The highest BCUT2D eigenvalue weighted by Gasteiger charge is 2.14. The lowest BCUT2D eigenvalue weighted by molar-refractivity contribution is 0.102. The summed E-state index contributed by atoms with van der Waals surface area (Å²) in [4.78, 5) is 25.8. The minimum absolute atomic E-state index is 0.223. The molecule has 37 heavy (non-hydrogen) atoms. The molecule has 3 heterocycles. The van der Waals surface area contributed by atoms with Gasteiger partial charge in [0, 0.05) is 41.0 Å². The van der Waals surface area contributed by atoms with Gasteiger partial charge in [-0.2, -0.15) is 0 Å². The summed E-state index contributed by atoms with van der Waals surface area (Å²) in [6, 6.07) is 24.3. The molecule has 6 rings (SSSR count). The van der Waals surface area contributed by atoms with Crippen LogP contribution in [0, 0.1) is 6.92 Å². The maximum Gasteiger partial charge on any atom is 0.255 e. The number of imidazole rings is 1. The molecule has 0 bridgehead atoms. The van der Waals surface area contributed by atoms with E-state index in [4.69, 9.17) is 4.52 Å². The molecule has 0 saturated carbocycles. The number of rotatable bonds is 6. The summed E-state index contributed by atoms with van der Waals surface area (Å²) in [6.07, 6.45) is 5.08. The molecule has 0 spiro atoms. The number of fused-ring (bicyclic) bond motifs is 1. The molecule has 0 aliphatic carbocycles. The molecular formula is C28H21N7O2. The van der Waals surface area contributed by atoms with Crippen LogP contribution < -0.4 is 10.6 Å². The normalized spacial score (nSPS) is 10.9. The summed E-state index contributed by atoms with van der Waals surface area (Å²) in [5, 5.41) is 11.1. The number of benzene rings is 3. The average Bonchev–Trinajstić information content (AvgIpc) is 3.56. The quantitative estimate of drug-likeness (QED) is 0.307. The summed E-state index contributed by atoms with van der Waals surface area (Å²) in [5.41, 5.74) is 3.60. The van der Waals surface area contributed by atoms with Crippen molar-refractivity contribution in [1.82, 2.24) is 24.7 Å². The first kappa shape index (κ1) is 22.2. The van der Waals surface area contributed by atoms with Gasteiger partial charge in [-0.05, 0) is 49.4 Å². The fourth-order valence-electron chi connectivity index (χ4n) is 4.04. The Kier molecular flexibility index (Phi) is 5.62. The van der Waals surface area contributed by atoms with Gasteiger partial charge in [-0.3, -0.25) is 9.36 Å². The van der Waals surface area contributed by atoms with Crippen LogP contribution in [0.15, 0.2) is 102 Å². The van der Waals surface area contributed by atoms with E-state index in [1.807, 2.05) is 78.4 Å². The minimum Gasteiger partial charge on any atom is -0.355 e. The monoisotopic (exact) mass is 487 g/mol. The lowest BCUT2D eigenvalue weighted by Crippen LogP contribution is -2.11. The van der Waals surface area contributed by atoms with Gasteiger partial charge in [-0.25, -0.2) is 15.0 Å². The second kappa shape index (κ2) is 9.38. The molecule has 0 atom stereocenters. The van der Waals surface area contributed by atoms with E-state index < -0.39 is 0 Å². The van der Waals surface area contributed by atoms with Crippen LogP contribution in [-0.2, 0) is 0 Å². The number of anilines is 3. The predicted molar refractivity (Wildman–Crippen MR) is 141 cm³/mol. The molecule has 0 aliphatic rings. The molecule has 3 aromatic heterocycles. The molecule has 0 unspecified atom stereocenters. The number of hydrogen-bond donors (Lipinski definition) is 2. The van der Waals surface area contributed by atoms with E-state index in [0.717, 1.165) is 28.3 Å². The topological polar surface area (TPSA) is 111 Å². The molecule has 180 valence electrons. The van der Waals surface area contributed by atoms with Gasteiger partial charge < -0.3 is 15.2 Å². The van der Waals surface area contributed by atoms with Crippen molar-refractivity contribution >= 4 is 34.0 Å². The highest BCUT2D eigenvalue weighted by Crippen LogP contribution is 2.29. The van der Waals surface area contributed by atoms with Crippen LogP contribution in [0.1, 0.15) is 16.2 Å². The van der Waals surface area contributed by atoms with Crippen molar-refractivity contribution in [3.05, 3.63) is 109 Å². The van der Waals surface area contributed by atoms with Crippen LogP contribution in [-0.4, -0.2) is 30.6 Å². The SMILES string of the molecule is Cc1nccn1-c1cc(Nc2ccc(NC(=O)c3ccc4noc(-c5ccccc5)c4c3)cc2)ncn1. The molecule has 0 radical (unpaired) electrons. The molecule has 2 N–H and O–H groups in total. The second-order valence-corrected chi connectivity index (χ2v) is 8.37. The third-order valence-electron chi connectivity index (χ3n) is 5.92. The van der Waals surface area contributed by atoms with Crippen molar-refractivity contribution in [3.8, 4) is 17.1 Å². The maximum atomic E-state index is 13.0. The molecule has 6 aromatic rings. The Hall–Kier alpha value is -5.31. The number of nitrogens with zero attached hydrogens (tertiary/aromatic N) is 5. The van der Waals surface area contributed by atoms with Crippen LogP contribution in [0.5, 0.6) is 0 Å². The molecule has 9 heteroatoms. The molecule has 0 fully saturated rings. The fraction of sp³-hybridized carbons (Fsp3) is 0.0357. The third kappa shape index (κ3) is 4.53. The lowest BCUT2D eigenvalue weighted by Gasteiger charge is -2.10. The average molecular weight is 488 g/mol. The summed E-state index contributed by atoms with van der Waals surface area (Å²) in [6.45, 7) is 1.91. The van der Waals surface area contributed by atoms with E-state index in [1.54, 1.807) is 24.4 Å². The van der Waals surface area contributed by atoms with Crippen LogP contribution in [0.2, 0.25) is 0 Å². The van der Waals surface area contributed by atoms with Gasteiger partial charge >= 0.3 is 0 Å². The van der Waals surface area contributed by atoms with Crippen LogP contribution in [0.25, 0.3) is 28.0 Å². The van der Waals surface area contributed by atoms with E-state index in [9.17, 15) is 4.79 Å². The number of amides is 1. The zero-order chi connectivity index (χ0) is 25.2. The fourth-order valence-corrected chi connectivity index (χ4v) is 4.04. The van der Waals surface area contributed by atoms with Crippen LogP contribution in [0.4, 0.5) is 17.2 Å². The van der Waals surface area contributed by atoms with E-state index in [-0.39, 0.29) is 5.91 Å². The lowest BCUT2D eigenvalue weighted by atomic mass is 10.1. The summed E-state index contributed by atoms with van der Waals surface area (Å²) < 4.78 is 7.43. The van der Waals surface area contributed by atoms with Gasteiger partial charge in [0.15, 0.2) is 5.76 Å². The highest BCUT2D eigenvalue weighted by molar-refractivity contribution is 6.07. The molecule has 3 aromatic carbocycles. The Labute approximate surface area is 211 Å². The van der Waals surface area contributed by atoms with Crippen molar-refractivity contribution < 1.29 is 9.32 Å². The van der Waals surface area contributed by atoms with Crippen LogP contribution in [0.3, 0.4) is 0 Å². The molecule has 1 amide bonds. The summed E-state index contributed by atoms with van der Waals surface area (Å²) >= 11 is 0. The molecule has 0 saturated heterocycles. The summed E-state index contributed by atoms with van der Waals surface area (Å²) in [7, 11) is 0. The van der Waals surface area contributed by atoms with E-state index >= 15 is 0 Å². The Bertz CT molecular complexity index is 1710. The van der Waals surface area contributed by atoms with Crippen LogP contribution >= 0.6 is 0 Å². The van der Waals surface area contributed by atoms with Gasteiger partial charge in [0.05, 0.1) is 5.39 Å². The first-order valence-corrected chi connectivity index (χ1v) is 11.6. The van der Waals surface area contributed by atoms with Crippen molar-refractivity contribution in [2.24, 2.45) is 0 Å². The number of aromatic nitrogens is 5. The highest BCUT2D eigenvalue weighted by atomic mass is 16.5. The molecule has 9 nitrogen and oxygen atoms in total. The van der Waals surface area contributed by atoms with Gasteiger partial charge in [0.1, 0.15) is 29.3 Å². The first-order chi connectivity index (χ1) is 18.1. The maximum absolute atomic E-state index is 13.0. The first-order valence-electron chi connectivity index (χ1n) is 11.6. The Balaban J connectivity index is 1.17. The Morgan fingerprint density at radius 3 is 2.49 bits per heavy atom. The van der Waals surface area contributed by atoms with E-state index in [2.05, 4.69) is 30.7 Å². The van der Waals surface area contributed by atoms with Gasteiger partial charge in [0.25, 0.3) is 5.91 Å². The van der Waals surface area contributed by atoms with Crippen molar-refractivity contribution in [1.29, 1.82) is 0 Å². The minimum atomic E-state index is -0.223. The standard InChI is InChI=1S/C28H21N7O2/c1-18-29-13-14-35(18)26-16-25(30-17-31-26)32-21-8-10-22(11-9-21)33-28(36)20-7-12-24-23(15-20)27(37-34-24)19-5-3-2-4-6-19/h2-17H,1H3,(H,33,36)(H,30,31,32). The zero-order valence-electron chi connectivity index (χ0n) is 19.8. The largest absolute Gasteiger partial charge is 0.355 e. The number of carbonyl (C=O) groups is 1. The van der Waals surface area contributed by atoms with Gasteiger partial charge in [-0.15, -0.1) is 0 Å². The number of carbonyl (C=O) groups excluding carboxylic acids is 1. The smallest absolute Gasteiger partial charge is 0.255 e.